The van der Waals surface area contributed by atoms with Crippen LogP contribution >= 0.6 is 11.3 Å². The van der Waals surface area contributed by atoms with E-state index < -0.39 is 33.1 Å². The van der Waals surface area contributed by atoms with Crippen LogP contribution < -0.4 is 10.5 Å². The molecule has 0 aliphatic heterocycles. The molecule has 5 N–H and O–H groups in total. The van der Waals surface area contributed by atoms with E-state index in [1.165, 1.54) is 35.9 Å². The summed E-state index contributed by atoms with van der Waals surface area (Å²) in [5.41, 5.74) is 1.74. The number of anilines is 1. The summed E-state index contributed by atoms with van der Waals surface area (Å²) < 4.78 is 39.6. The van der Waals surface area contributed by atoms with Gasteiger partial charge in [0.1, 0.15) is 11.4 Å². The van der Waals surface area contributed by atoms with Gasteiger partial charge in [-0.25, -0.2) is 27.6 Å². The smallest absolute Gasteiger partial charge is 0.258 e. The van der Waals surface area contributed by atoms with E-state index >= 15 is 0 Å². The number of allylic oxidation sites excluding steroid dienone is 1. The van der Waals surface area contributed by atoms with Crippen molar-refractivity contribution in [3.05, 3.63) is 71.3 Å². The molecule has 3 fully saturated rings. The minimum Gasteiger partial charge on any atom is -0.393 e. The number of hydrogen-bond acceptors (Lipinski definition) is 8. The van der Waals surface area contributed by atoms with Gasteiger partial charge in [-0.2, -0.15) is 5.10 Å². The van der Waals surface area contributed by atoms with Gasteiger partial charge in [-0.3, -0.25) is 10.1 Å². The van der Waals surface area contributed by atoms with Gasteiger partial charge in [0, 0.05) is 5.41 Å². The van der Waals surface area contributed by atoms with Gasteiger partial charge >= 0.3 is 0 Å². The molecule has 4 aliphatic carbocycles. The second-order valence-corrected chi connectivity index (χ2v) is 16.9. The summed E-state index contributed by atoms with van der Waals surface area (Å²) in [4.78, 5) is 18.3. The monoisotopic (exact) mass is 677 g/mol. The van der Waals surface area contributed by atoms with Crippen molar-refractivity contribution >= 4 is 48.7 Å². The van der Waals surface area contributed by atoms with E-state index in [9.17, 15) is 27.8 Å². The predicted molar refractivity (Wildman–Crippen MR) is 176 cm³/mol. The van der Waals surface area contributed by atoms with Crippen molar-refractivity contribution in [2.75, 3.05) is 5.32 Å². The number of hydrogen-bond donors (Lipinski definition) is 4. The van der Waals surface area contributed by atoms with Crippen LogP contribution in [0.5, 0.6) is 0 Å². The fourth-order valence-electron chi connectivity index (χ4n) is 9.69. The molecule has 47 heavy (non-hydrogen) atoms. The molecule has 0 saturated heterocycles. The number of aliphatic hydroxyl groups is 2. The third-order valence-electron chi connectivity index (χ3n) is 11.9. The largest absolute Gasteiger partial charge is 0.393 e. The zero-order valence-corrected chi connectivity index (χ0v) is 27.6. The number of halogens is 1. The quantitative estimate of drug-likeness (QED) is 0.242. The summed E-state index contributed by atoms with van der Waals surface area (Å²) >= 11 is 1.11. The lowest BCUT2D eigenvalue weighted by Gasteiger charge is -2.60. The van der Waals surface area contributed by atoms with E-state index in [0.717, 1.165) is 41.1 Å². The Morgan fingerprint density at radius 2 is 1.94 bits per heavy atom. The molecular weight excluding hydrogens is 642 g/mol. The predicted octanol–water partition coefficient (Wildman–Crippen LogP) is 4.79. The molecule has 2 heterocycles. The van der Waals surface area contributed by atoms with Crippen molar-refractivity contribution in [3.8, 4) is 5.69 Å². The third-order valence-corrected chi connectivity index (χ3v) is 13.8. The number of fused-ring (bicyclic) bond motifs is 7. The van der Waals surface area contributed by atoms with Crippen LogP contribution in [-0.4, -0.2) is 51.0 Å². The Morgan fingerprint density at radius 3 is 2.68 bits per heavy atom. The van der Waals surface area contributed by atoms with E-state index in [4.69, 9.17) is 5.14 Å². The summed E-state index contributed by atoms with van der Waals surface area (Å²) in [6.45, 7) is 4.18. The number of primary sulfonamides is 1. The summed E-state index contributed by atoms with van der Waals surface area (Å²) in [6, 6.07) is 10.6. The van der Waals surface area contributed by atoms with Gasteiger partial charge in [-0.1, -0.05) is 30.8 Å². The van der Waals surface area contributed by atoms with Gasteiger partial charge in [0.2, 0.25) is 10.0 Å². The topological polar surface area (TPSA) is 160 Å². The minimum absolute atomic E-state index is 0.0287. The van der Waals surface area contributed by atoms with Crippen molar-refractivity contribution in [2.45, 2.75) is 69.0 Å². The molecule has 0 spiro atoms. The van der Waals surface area contributed by atoms with Gasteiger partial charge in [-0.05, 0) is 116 Å². The lowest BCUT2D eigenvalue weighted by atomic mass is 9.45. The van der Waals surface area contributed by atoms with E-state index in [1.54, 1.807) is 12.1 Å². The van der Waals surface area contributed by atoms with Crippen LogP contribution in [0.1, 0.15) is 57.2 Å². The highest BCUT2D eigenvalue weighted by molar-refractivity contribution is 7.89. The highest BCUT2D eigenvalue weighted by Gasteiger charge is 2.68. The molecule has 2 aromatic carbocycles. The number of nitrogens with one attached hydrogen (secondary N) is 1. The number of nitrogens with zero attached hydrogens (tertiary/aromatic N) is 3. The summed E-state index contributed by atoms with van der Waals surface area (Å²) in [7, 11) is -3.90. The Morgan fingerprint density at radius 1 is 1.17 bits per heavy atom. The number of carbonyl (C=O) groups is 1. The molecule has 4 aromatic rings. The van der Waals surface area contributed by atoms with E-state index in [-0.39, 0.29) is 51.9 Å². The Labute approximate surface area is 275 Å². The van der Waals surface area contributed by atoms with Gasteiger partial charge in [0.15, 0.2) is 5.13 Å². The molecule has 13 heteroatoms. The fraction of sp³-hybridized carbons (Fsp3) is 0.441. The minimum atomic E-state index is -3.90. The Bertz CT molecular complexity index is 2090. The highest BCUT2D eigenvalue weighted by Crippen LogP contribution is 2.67. The SMILES string of the molecule is CC12Cc3cnn(-c4ccc(F)cc4)c3C=C1CCC1C2C(O)CC2(C)C1CCC2(O)C(=O)Nc1nc2ccc(S(N)(=O)=O)cc2s1. The summed E-state index contributed by atoms with van der Waals surface area (Å²) in [5, 5.41) is 37.1. The van der Waals surface area contributed by atoms with Crippen LogP contribution in [0.25, 0.3) is 22.0 Å². The molecule has 4 aliphatic rings. The van der Waals surface area contributed by atoms with Crippen LogP contribution in [-0.2, 0) is 21.2 Å². The van der Waals surface area contributed by atoms with Crippen LogP contribution in [0.15, 0.2) is 59.1 Å². The molecule has 8 rings (SSSR count). The number of aromatic nitrogens is 3. The first-order valence-corrected chi connectivity index (χ1v) is 18.3. The number of thiazole rings is 1. The average molecular weight is 678 g/mol. The first-order chi connectivity index (χ1) is 22.2. The maximum Gasteiger partial charge on any atom is 0.258 e. The van der Waals surface area contributed by atoms with Crippen molar-refractivity contribution in [1.29, 1.82) is 0 Å². The van der Waals surface area contributed by atoms with Crippen molar-refractivity contribution in [2.24, 2.45) is 33.7 Å². The number of amides is 1. The summed E-state index contributed by atoms with van der Waals surface area (Å²) in [5.74, 6) is -0.768. The first-order valence-electron chi connectivity index (χ1n) is 15.9. The number of nitrogens with two attached hydrogens (primary N) is 1. The third kappa shape index (κ3) is 4.50. The van der Waals surface area contributed by atoms with Gasteiger partial charge in [0.05, 0.1) is 38.8 Å². The molecule has 1 amide bonds. The average Bonchev–Trinajstić information content (AvgIpc) is 3.68. The zero-order valence-electron chi connectivity index (χ0n) is 26.0. The molecule has 2 aromatic heterocycles. The van der Waals surface area contributed by atoms with Crippen molar-refractivity contribution < 1.29 is 27.8 Å². The maximum atomic E-state index is 13.9. The molecule has 10 nitrogen and oxygen atoms in total. The molecular formula is C34H36FN5O5S2. The Kier molecular flexibility index (Phi) is 6.73. The van der Waals surface area contributed by atoms with E-state index in [0.29, 0.717) is 23.1 Å². The highest BCUT2D eigenvalue weighted by atomic mass is 32.2. The number of aliphatic hydroxyl groups excluding tert-OH is 1. The second kappa shape index (κ2) is 10.3. The molecule has 3 saturated carbocycles. The fourth-order valence-corrected chi connectivity index (χ4v) is 11.2. The molecule has 0 bridgehead atoms. The number of carbonyl (C=O) groups excluding carboxylic acids is 1. The molecule has 0 radical (unpaired) electrons. The molecule has 7 atom stereocenters. The van der Waals surface area contributed by atoms with Crippen LogP contribution in [0.4, 0.5) is 9.52 Å². The van der Waals surface area contributed by atoms with Gasteiger partial charge in [-0.15, -0.1) is 0 Å². The normalized spacial score (nSPS) is 33.0. The maximum absolute atomic E-state index is 13.9. The Balaban J connectivity index is 1.06. The second-order valence-electron chi connectivity index (χ2n) is 14.3. The van der Waals surface area contributed by atoms with Gasteiger partial charge in [0.25, 0.3) is 5.91 Å². The number of benzene rings is 2. The zero-order chi connectivity index (χ0) is 33.1. The van der Waals surface area contributed by atoms with E-state index in [1.807, 2.05) is 17.8 Å². The summed E-state index contributed by atoms with van der Waals surface area (Å²) in [6.07, 6.45) is 6.94. The van der Waals surface area contributed by atoms with Crippen LogP contribution in [0.2, 0.25) is 0 Å². The number of sulfonamides is 1. The van der Waals surface area contributed by atoms with E-state index in [2.05, 4.69) is 28.4 Å². The van der Waals surface area contributed by atoms with Crippen LogP contribution in [0, 0.1) is 34.4 Å². The van der Waals surface area contributed by atoms with Crippen LogP contribution in [0.3, 0.4) is 0 Å². The lowest BCUT2D eigenvalue weighted by Crippen LogP contribution is -2.62. The standard InChI is InChI=1S/C34H36FN5O5S2/c1-32-15-18-17-37-40(21-6-4-20(35)5-7-21)26(18)13-19(32)3-9-23-24-11-12-34(43,33(24,2)16-27(41)29(23)32)30(42)39-31-38-25-10-8-22(47(36,44)45)14-28(25)46-31/h4-8,10,13-14,17,23-24,27,29,41,43H,3,9,11-12,15-16H2,1-2H3,(H2,36,44,45)(H,38,39,42). The lowest BCUT2D eigenvalue weighted by molar-refractivity contribution is -0.177. The first kappa shape index (κ1) is 30.8. The van der Waals surface area contributed by atoms with Gasteiger partial charge < -0.3 is 10.2 Å². The van der Waals surface area contributed by atoms with Crippen molar-refractivity contribution in [1.82, 2.24) is 14.8 Å². The molecule has 7 unspecified atom stereocenters. The molecule has 246 valence electrons. The van der Waals surface area contributed by atoms with Crippen molar-refractivity contribution in [3.63, 3.8) is 0 Å². The number of rotatable bonds is 4. The Hall–Kier alpha value is -3.49.